The molecule has 5 heteroatoms. The third kappa shape index (κ3) is 2.24. The van der Waals surface area contributed by atoms with Crippen LogP contribution in [0.15, 0.2) is 12.1 Å². The second-order valence-electron chi connectivity index (χ2n) is 3.39. The largest absolute Gasteiger partial charge is 0.493 e. The zero-order chi connectivity index (χ0) is 12.3. The summed E-state index contributed by atoms with van der Waals surface area (Å²) >= 11 is 0. The number of hydrogen-bond acceptors (Lipinski definition) is 3. The average Bonchev–Trinajstić information content (AvgIpc) is 2.27. The molecule has 0 aliphatic rings. The number of hydrogen-bond donors (Lipinski definition) is 0. The molecule has 0 fully saturated rings. The van der Waals surface area contributed by atoms with Gasteiger partial charge in [-0.15, -0.1) is 0 Å². The number of methoxy groups -OCH3 is 2. The van der Waals surface area contributed by atoms with Crippen LogP contribution in [0.3, 0.4) is 0 Å². The minimum atomic E-state index is -0.628. The molecule has 1 amide bonds. The van der Waals surface area contributed by atoms with E-state index in [-0.39, 0.29) is 11.3 Å². The molecule has 0 unspecified atom stereocenters. The summed E-state index contributed by atoms with van der Waals surface area (Å²) in [7, 11) is 5.95. The average molecular weight is 227 g/mol. The Morgan fingerprint density at radius 1 is 1.19 bits per heavy atom. The van der Waals surface area contributed by atoms with Crippen LogP contribution in [0, 0.1) is 5.82 Å². The lowest BCUT2D eigenvalue weighted by molar-refractivity contribution is 0.0822. The van der Waals surface area contributed by atoms with Crippen molar-refractivity contribution < 1.29 is 18.7 Å². The van der Waals surface area contributed by atoms with Crippen molar-refractivity contribution in [1.82, 2.24) is 4.90 Å². The Hall–Kier alpha value is -1.78. The zero-order valence-electron chi connectivity index (χ0n) is 9.70. The van der Waals surface area contributed by atoms with Gasteiger partial charge in [0.1, 0.15) is 5.82 Å². The highest BCUT2D eigenvalue weighted by molar-refractivity contribution is 5.94. The number of benzene rings is 1. The van der Waals surface area contributed by atoms with Crippen LogP contribution in [0.5, 0.6) is 11.5 Å². The first-order chi connectivity index (χ1) is 7.51. The van der Waals surface area contributed by atoms with Gasteiger partial charge in [0.15, 0.2) is 11.5 Å². The van der Waals surface area contributed by atoms with Crippen LogP contribution in [0.2, 0.25) is 0 Å². The van der Waals surface area contributed by atoms with Crippen molar-refractivity contribution in [3.05, 3.63) is 23.5 Å². The number of ether oxygens (including phenoxy) is 2. The highest BCUT2D eigenvalue weighted by Crippen LogP contribution is 2.30. The van der Waals surface area contributed by atoms with Gasteiger partial charge >= 0.3 is 0 Å². The lowest BCUT2D eigenvalue weighted by Crippen LogP contribution is -2.22. The standard InChI is InChI=1S/C11H14FNO3/c1-13(2)11(14)7-5-9(15-3)10(16-4)6-8(7)12/h5-6H,1-4H3. The second-order valence-corrected chi connectivity index (χ2v) is 3.39. The highest BCUT2D eigenvalue weighted by Gasteiger charge is 2.18. The summed E-state index contributed by atoms with van der Waals surface area (Å²) in [5.74, 6) is -0.459. The smallest absolute Gasteiger partial charge is 0.256 e. The van der Waals surface area contributed by atoms with Gasteiger partial charge in [0, 0.05) is 20.2 Å². The van der Waals surface area contributed by atoms with E-state index in [1.54, 1.807) is 14.1 Å². The van der Waals surface area contributed by atoms with E-state index in [1.165, 1.54) is 25.2 Å². The first-order valence-corrected chi connectivity index (χ1v) is 4.64. The summed E-state index contributed by atoms with van der Waals surface area (Å²) < 4.78 is 23.5. The Balaban J connectivity index is 3.26. The van der Waals surface area contributed by atoms with E-state index < -0.39 is 11.7 Å². The van der Waals surface area contributed by atoms with E-state index in [0.717, 1.165) is 6.07 Å². The summed E-state index contributed by atoms with van der Waals surface area (Å²) in [6.07, 6.45) is 0. The molecular weight excluding hydrogens is 213 g/mol. The van der Waals surface area contributed by atoms with Crippen LogP contribution >= 0.6 is 0 Å². The maximum absolute atomic E-state index is 13.6. The summed E-state index contributed by atoms with van der Waals surface area (Å²) in [6, 6.07) is 2.46. The first kappa shape index (κ1) is 12.3. The van der Waals surface area contributed by atoms with Crippen molar-refractivity contribution in [1.29, 1.82) is 0 Å². The van der Waals surface area contributed by atoms with Crippen LogP contribution in [0.25, 0.3) is 0 Å². The number of carbonyl (C=O) groups excluding carboxylic acids is 1. The predicted molar refractivity (Wildman–Crippen MR) is 57.5 cm³/mol. The molecule has 4 nitrogen and oxygen atoms in total. The predicted octanol–water partition coefficient (Wildman–Crippen LogP) is 1.54. The van der Waals surface area contributed by atoms with Crippen molar-refractivity contribution in [3.63, 3.8) is 0 Å². The Kier molecular flexibility index (Phi) is 3.71. The Morgan fingerprint density at radius 2 is 1.69 bits per heavy atom. The van der Waals surface area contributed by atoms with Gasteiger partial charge in [-0.2, -0.15) is 0 Å². The van der Waals surface area contributed by atoms with Gasteiger partial charge in [0.25, 0.3) is 5.91 Å². The van der Waals surface area contributed by atoms with Gasteiger partial charge in [-0.3, -0.25) is 4.79 Å². The fraction of sp³-hybridized carbons (Fsp3) is 0.364. The highest BCUT2D eigenvalue weighted by atomic mass is 19.1. The number of carbonyl (C=O) groups is 1. The minimum absolute atomic E-state index is 0.0392. The molecule has 0 saturated carbocycles. The number of halogens is 1. The van der Waals surface area contributed by atoms with Gasteiger partial charge in [-0.05, 0) is 6.07 Å². The molecular formula is C11H14FNO3. The minimum Gasteiger partial charge on any atom is -0.493 e. The summed E-state index contributed by atoms with van der Waals surface area (Å²) in [5.41, 5.74) is -0.0392. The molecule has 0 bridgehead atoms. The molecule has 0 aliphatic heterocycles. The van der Waals surface area contributed by atoms with Gasteiger partial charge in [0.05, 0.1) is 19.8 Å². The molecule has 0 saturated heterocycles. The third-order valence-corrected chi connectivity index (χ3v) is 2.11. The molecule has 0 heterocycles. The molecule has 0 aliphatic carbocycles. The van der Waals surface area contributed by atoms with E-state index in [1.807, 2.05) is 0 Å². The number of amides is 1. The summed E-state index contributed by atoms with van der Waals surface area (Å²) in [6.45, 7) is 0. The fourth-order valence-electron chi connectivity index (χ4n) is 1.26. The molecule has 1 aromatic carbocycles. The van der Waals surface area contributed by atoms with Crippen molar-refractivity contribution >= 4 is 5.91 Å². The van der Waals surface area contributed by atoms with Gasteiger partial charge in [0.2, 0.25) is 0 Å². The number of nitrogens with zero attached hydrogens (tertiary/aromatic N) is 1. The van der Waals surface area contributed by atoms with Crippen LogP contribution in [-0.4, -0.2) is 39.1 Å². The van der Waals surface area contributed by atoms with Crippen LogP contribution in [-0.2, 0) is 0 Å². The lowest BCUT2D eigenvalue weighted by atomic mass is 10.1. The quantitative estimate of drug-likeness (QED) is 0.786. The Labute approximate surface area is 93.6 Å². The van der Waals surface area contributed by atoms with Crippen LogP contribution in [0.1, 0.15) is 10.4 Å². The van der Waals surface area contributed by atoms with E-state index >= 15 is 0 Å². The third-order valence-electron chi connectivity index (χ3n) is 2.11. The monoisotopic (exact) mass is 227 g/mol. The normalized spacial score (nSPS) is 9.81. The first-order valence-electron chi connectivity index (χ1n) is 4.64. The molecule has 0 aromatic heterocycles. The van der Waals surface area contributed by atoms with E-state index in [4.69, 9.17) is 9.47 Å². The molecule has 1 rings (SSSR count). The summed E-state index contributed by atoms with van der Waals surface area (Å²) in [5, 5.41) is 0. The molecule has 0 N–H and O–H groups in total. The zero-order valence-corrected chi connectivity index (χ0v) is 9.70. The fourth-order valence-corrected chi connectivity index (χ4v) is 1.26. The maximum atomic E-state index is 13.6. The Bertz CT molecular complexity index is 404. The van der Waals surface area contributed by atoms with Crippen molar-refractivity contribution in [2.45, 2.75) is 0 Å². The molecule has 0 radical (unpaired) electrons. The Morgan fingerprint density at radius 3 is 2.12 bits per heavy atom. The second kappa shape index (κ2) is 4.83. The lowest BCUT2D eigenvalue weighted by Gasteiger charge is -2.13. The molecule has 0 spiro atoms. The molecule has 16 heavy (non-hydrogen) atoms. The number of rotatable bonds is 3. The van der Waals surface area contributed by atoms with Gasteiger partial charge < -0.3 is 14.4 Å². The van der Waals surface area contributed by atoms with E-state index in [9.17, 15) is 9.18 Å². The van der Waals surface area contributed by atoms with Crippen molar-refractivity contribution in [2.75, 3.05) is 28.3 Å². The summed E-state index contributed by atoms with van der Waals surface area (Å²) in [4.78, 5) is 12.9. The molecule has 0 atom stereocenters. The topological polar surface area (TPSA) is 38.8 Å². The van der Waals surface area contributed by atoms with Crippen molar-refractivity contribution in [3.8, 4) is 11.5 Å². The van der Waals surface area contributed by atoms with Crippen LogP contribution in [0.4, 0.5) is 4.39 Å². The van der Waals surface area contributed by atoms with E-state index in [0.29, 0.717) is 5.75 Å². The molecule has 88 valence electrons. The van der Waals surface area contributed by atoms with E-state index in [2.05, 4.69) is 0 Å². The van der Waals surface area contributed by atoms with Crippen LogP contribution < -0.4 is 9.47 Å². The van der Waals surface area contributed by atoms with Gasteiger partial charge in [-0.1, -0.05) is 0 Å². The van der Waals surface area contributed by atoms with Gasteiger partial charge in [-0.25, -0.2) is 4.39 Å². The molecule has 1 aromatic rings. The van der Waals surface area contributed by atoms with Crippen molar-refractivity contribution in [2.24, 2.45) is 0 Å². The SMILES string of the molecule is COc1cc(F)c(C(=O)N(C)C)cc1OC. The maximum Gasteiger partial charge on any atom is 0.256 e.